The lowest BCUT2D eigenvalue weighted by Crippen LogP contribution is -2.27. The highest BCUT2D eigenvalue weighted by Crippen LogP contribution is 2.19. The molecule has 0 bridgehead atoms. The van der Waals surface area contributed by atoms with Crippen molar-refractivity contribution >= 4 is 28.7 Å². The monoisotopic (exact) mass is 402 g/mol. The summed E-state index contributed by atoms with van der Waals surface area (Å²) < 4.78 is 15.3. The van der Waals surface area contributed by atoms with Crippen LogP contribution in [0.1, 0.15) is 31.0 Å². The Morgan fingerprint density at radius 2 is 2.14 bits per heavy atom. The van der Waals surface area contributed by atoms with E-state index in [4.69, 9.17) is 0 Å². The van der Waals surface area contributed by atoms with Crippen molar-refractivity contribution in [1.82, 2.24) is 19.9 Å². The van der Waals surface area contributed by atoms with E-state index in [-0.39, 0.29) is 29.6 Å². The molecule has 0 unspecified atom stereocenters. The molecule has 0 aliphatic carbocycles. The van der Waals surface area contributed by atoms with Gasteiger partial charge in [-0.2, -0.15) is 0 Å². The van der Waals surface area contributed by atoms with E-state index in [0.717, 1.165) is 18.5 Å². The van der Waals surface area contributed by atoms with Crippen molar-refractivity contribution in [1.29, 1.82) is 0 Å². The van der Waals surface area contributed by atoms with E-state index in [0.29, 0.717) is 28.3 Å². The van der Waals surface area contributed by atoms with Gasteiger partial charge in [-0.15, -0.1) is 0 Å². The molecular weight excluding hydrogens is 379 g/mol. The van der Waals surface area contributed by atoms with Gasteiger partial charge in [-0.3, -0.25) is 14.2 Å². The number of thioether (sulfide) groups is 1. The summed E-state index contributed by atoms with van der Waals surface area (Å²) in [7, 11) is 0. The smallest absolute Gasteiger partial charge is 0.278 e. The minimum Gasteiger partial charge on any atom is -0.353 e. The molecule has 2 aromatic heterocycles. The number of halogens is 1. The number of hydrogen-bond donors (Lipinski definition) is 2. The van der Waals surface area contributed by atoms with Gasteiger partial charge in [0, 0.05) is 24.3 Å². The molecule has 6 nitrogen and oxygen atoms in total. The molecule has 1 aromatic carbocycles. The van der Waals surface area contributed by atoms with E-state index < -0.39 is 0 Å². The molecule has 0 saturated carbocycles. The van der Waals surface area contributed by atoms with Crippen LogP contribution in [0.3, 0.4) is 0 Å². The molecule has 0 saturated heterocycles. The summed E-state index contributed by atoms with van der Waals surface area (Å²) in [5.41, 5.74) is 2.27. The quantitative estimate of drug-likeness (QED) is 0.447. The van der Waals surface area contributed by atoms with Gasteiger partial charge in [-0.05, 0) is 25.5 Å². The molecule has 28 heavy (non-hydrogen) atoms. The third-order valence-electron chi connectivity index (χ3n) is 4.34. The second kappa shape index (κ2) is 9.05. The summed E-state index contributed by atoms with van der Waals surface area (Å²) in [4.78, 5) is 32.6. The predicted octanol–water partition coefficient (Wildman–Crippen LogP) is 3.38. The SMILES string of the molecule is CCCCn1c(SCC(=O)NCc2ccccc2F)nc2cc(C)[nH]c2c1=O. The second-order valence-corrected chi connectivity index (χ2v) is 7.52. The Morgan fingerprint density at radius 3 is 2.89 bits per heavy atom. The van der Waals surface area contributed by atoms with E-state index in [9.17, 15) is 14.0 Å². The molecule has 0 aliphatic rings. The number of carbonyl (C=O) groups excluding carboxylic acids is 1. The van der Waals surface area contributed by atoms with Crippen LogP contribution < -0.4 is 10.9 Å². The number of carbonyl (C=O) groups is 1. The van der Waals surface area contributed by atoms with Gasteiger partial charge >= 0.3 is 0 Å². The molecule has 0 spiro atoms. The van der Waals surface area contributed by atoms with Gasteiger partial charge < -0.3 is 10.3 Å². The molecule has 3 aromatic rings. The average Bonchev–Trinajstić information content (AvgIpc) is 3.05. The number of nitrogens with one attached hydrogen (secondary N) is 2. The predicted molar refractivity (Wildman–Crippen MR) is 109 cm³/mol. The van der Waals surface area contributed by atoms with Gasteiger partial charge in [0.2, 0.25) is 5.91 Å². The zero-order valence-electron chi connectivity index (χ0n) is 15.9. The number of nitrogens with zero attached hydrogens (tertiary/aromatic N) is 2. The normalized spacial score (nSPS) is 11.1. The van der Waals surface area contributed by atoms with Gasteiger partial charge in [0.15, 0.2) is 5.16 Å². The van der Waals surface area contributed by atoms with Crippen LogP contribution in [0.25, 0.3) is 11.0 Å². The highest BCUT2D eigenvalue weighted by Gasteiger charge is 2.15. The molecule has 2 heterocycles. The zero-order chi connectivity index (χ0) is 20.1. The largest absolute Gasteiger partial charge is 0.353 e. The highest BCUT2D eigenvalue weighted by molar-refractivity contribution is 7.99. The third-order valence-corrected chi connectivity index (χ3v) is 5.32. The Kier molecular flexibility index (Phi) is 6.51. The molecule has 3 rings (SSSR count). The first kappa shape index (κ1) is 20.1. The minimum atomic E-state index is -0.348. The Balaban J connectivity index is 1.72. The first-order valence-electron chi connectivity index (χ1n) is 9.22. The van der Waals surface area contributed by atoms with Crippen LogP contribution in [0.4, 0.5) is 4.39 Å². The maximum atomic E-state index is 13.6. The Labute approximate surface area is 166 Å². The number of aryl methyl sites for hydroxylation is 1. The topological polar surface area (TPSA) is 79.8 Å². The van der Waals surface area contributed by atoms with Crippen molar-refractivity contribution in [3.63, 3.8) is 0 Å². The van der Waals surface area contributed by atoms with E-state index >= 15 is 0 Å². The van der Waals surface area contributed by atoms with Gasteiger partial charge in [-0.1, -0.05) is 43.3 Å². The van der Waals surface area contributed by atoms with Gasteiger partial charge in [0.25, 0.3) is 5.56 Å². The van der Waals surface area contributed by atoms with Crippen molar-refractivity contribution in [2.45, 2.75) is 44.9 Å². The summed E-state index contributed by atoms with van der Waals surface area (Å²) in [6.45, 7) is 4.60. The number of fused-ring (bicyclic) bond motifs is 1. The fraction of sp³-hybridized carbons (Fsp3) is 0.350. The van der Waals surface area contributed by atoms with Gasteiger partial charge in [-0.25, -0.2) is 9.37 Å². The molecule has 0 radical (unpaired) electrons. The van der Waals surface area contributed by atoms with Crippen LogP contribution in [0.15, 0.2) is 40.3 Å². The van der Waals surface area contributed by atoms with E-state index in [1.54, 1.807) is 22.8 Å². The standard InChI is InChI=1S/C20H23FN4O2S/c1-3-4-9-25-19(27)18-16(10-13(2)23-18)24-20(25)28-12-17(26)22-11-14-7-5-6-8-15(14)21/h5-8,10,23H,3-4,9,11-12H2,1-2H3,(H,22,26). The van der Waals surface area contributed by atoms with Crippen molar-refractivity contribution in [3.8, 4) is 0 Å². The lowest BCUT2D eigenvalue weighted by molar-refractivity contribution is -0.118. The molecule has 8 heteroatoms. The van der Waals surface area contributed by atoms with Crippen molar-refractivity contribution < 1.29 is 9.18 Å². The number of aromatic amines is 1. The number of H-pyrrole nitrogens is 1. The second-order valence-electron chi connectivity index (χ2n) is 6.57. The Hall–Kier alpha value is -2.61. The first-order valence-corrected chi connectivity index (χ1v) is 10.2. The first-order chi connectivity index (χ1) is 13.5. The Bertz CT molecular complexity index is 1040. The molecule has 148 valence electrons. The maximum absolute atomic E-state index is 13.6. The number of hydrogen-bond acceptors (Lipinski definition) is 4. The fourth-order valence-electron chi connectivity index (χ4n) is 2.85. The number of unbranched alkanes of at least 4 members (excludes halogenated alkanes) is 1. The minimum absolute atomic E-state index is 0.0991. The van der Waals surface area contributed by atoms with Gasteiger partial charge in [0.1, 0.15) is 11.3 Å². The van der Waals surface area contributed by atoms with Crippen LogP contribution in [-0.2, 0) is 17.9 Å². The molecule has 0 fully saturated rings. The summed E-state index contributed by atoms with van der Waals surface area (Å²) in [5, 5.41) is 3.23. The lowest BCUT2D eigenvalue weighted by Gasteiger charge is -2.11. The molecule has 0 aliphatic heterocycles. The summed E-state index contributed by atoms with van der Waals surface area (Å²) >= 11 is 1.22. The maximum Gasteiger partial charge on any atom is 0.278 e. The van der Waals surface area contributed by atoms with Crippen LogP contribution in [0.5, 0.6) is 0 Å². The van der Waals surface area contributed by atoms with Crippen LogP contribution in [-0.4, -0.2) is 26.2 Å². The third kappa shape index (κ3) is 4.62. The molecular formula is C20H23FN4O2S. The molecule has 1 amide bonds. The van der Waals surface area contributed by atoms with Crippen LogP contribution >= 0.6 is 11.8 Å². The van der Waals surface area contributed by atoms with Crippen molar-refractivity contribution in [2.75, 3.05) is 5.75 Å². The molecule has 0 atom stereocenters. The van der Waals surface area contributed by atoms with Crippen molar-refractivity contribution in [3.05, 3.63) is 57.8 Å². The number of rotatable bonds is 8. The van der Waals surface area contributed by atoms with E-state index in [1.165, 1.54) is 17.8 Å². The number of amides is 1. The average molecular weight is 402 g/mol. The van der Waals surface area contributed by atoms with Gasteiger partial charge in [0.05, 0.1) is 11.3 Å². The Morgan fingerprint density at radius 1 is 1.36 bits per heavy atom. The zero-order valence-corrected chi connectivity index (χ0v) is 16.7. The lowest BCUT2D eigenvalue weighted by atomic mass is 10.2. The summed E-state index contributed by atoms with van der Waals surface area (Å²) in [6, 6.07) is 8.15. The highest BCUT2D eigenvalue weighted by atomic mass is 32.2. The fourth-order valence-corrected chi connectivity index (χ4v) is 3.71. The molecule has 2 N–H and O–H groups in total. The summed E-state index contributed by atoms with van der Waals surface area (Å²) in [5.74, 6) is -0.490. The van der Waals surface area contributed by atoms with Crippen molar-refractivity contribution in [2.24, 2.45) is 0 Å². The number of aromatic nitrogens is 3. The van der Waals surface area contributed by atoms with Crippen LogP contribution in [0.2, 0.25) is 0 Å². The van der Waals surface area contributed by atoms with Crippen LogP contribution in [0, 0.1) is 12.7 Å². The summed E-state index contributed by atoms with van der Waals surface area (Å²) in [6.07, 6.45) is 1.79. The number of benzene rings is 1. The van der Waals surface area contributed by atoms with E-state index in [2.05, 4.69) is 22.2 Å². The van der Waals surface area contributed by atoms with E-state index in [1.807, 2.05) is 13.0 Å².